The van der Waals surface area contributed by atoms with E-state index in [1.807, 2.05) is 0 Å². The SMILES string of the molecule is CCN(CC)CC#CC1=C2CN3CCCCC3[C@]23OC(=O)C=C13. The number of ether oxygens (including phenoxy) is 1. The number of hydrogen-bond acceptors (Lipinski definition) is 4. The van der Waals surface area contributed by atoms with Gasteiger partial charge in [0.05, 0.1) is 12.6 Å². The molecule has 0 radical (unpaired) electrons. The van der Waals surface area contributed by atoms with Gasteiger partial charge in [-0.1, -0.05) is 32.1 Å². The Balaban J connectivity index is 1.64. The summed E-state index contributed by atoms with van der Waals surface area (Å²) >= 11 is 0. The van der Waals surface area contributed by atoms with Crippen molar-refractivity contribution in [3.63, 3.8) is 0 Å². The monoisotopic (exact) mass is 312 g/mol. The van der Waals surface area contributed by atoms with Crippen molar-refractivity contribution in [1.29, 1.82) is 0 Å². The molecule has 23 heavy (non-hydrogen) atoms. The molecule has 4 heteroatoms. The molecular weight excluding hydrogens is 288 g/mol. The van der Waals surface area contributed by atoms with Crippen LogP contribution in [0.25, 0.3) is 0 Å². The van der Waals surface area contributed by atoms with Crippen LogP contribution in [0.5, 0.6) is 0 Å². The van der Waals surface area contributed by atoms with Crippen LogP contribution in [0, 0.1) is 11.8 Å². The topological polar surface area (TPSA) is 32.8 Å². The Morgan fingerprint density at radius 3 is 3.00 bits per heavy atom. The van der Waals surface area contributed by atoms with E-state index in [9.17, 15) is 4.79 Å². The van der Waals surface area contributed by atoms with Crippen molar-refractivity contribution < 1.29 is 9.53 Å². The van der Waals surface area contributed by atoms with Gasteiger partial charge in [-0.05, 0) is 32.5 Å². The zero-order valence-electron chi connectivity index (χ0n) is 14.0. The summed E-state index contributed by atoms with van der Waals surface area (Å²) in [6, 6.07) is 0.345. The molecule has 0 amide bonds. The normalized spacial score (nSPS) is 31.7. The lowest BCUT2D eigenvalue weighted by Crippen LogP contribution is -2.52. The van der Waals surface area contributed by atoms with E-state index >= 15 is 0 Å². The van der Waals surface area contributed by atoms with Crippen LogP contribution in [-0.2, 0) is 9.53 Å². The lowest BCUT2D eigenvalue weighted by atomic mass is 9.67. The number of esters is 1. The Morgan fingerprint density at radius 2 is 2.22 bits per heavy atom. The van der Waals surface area contributed by atoms with Crippen LogP contribution >= 0.6 is 0 Å². The minimum absolute atomic E-state index is 0.189. The standard InChI is InChI=1S/C19H24N2O2/c1-3-20(4-2)10-7-8-14-15-12-18(22)23-19(15)16(14)13-21-11-6-5-9-17(19)21/h12,17H,3-6,9-11,13H2,1-2H3/t17?,19-/m1/s1. The fraction of sp³-hybridized carbons (Fsp3) is 0.632. The fourth-order valence-electron chi connectivity index (χ4n) is 4.55. The first-order valence-corrected chi connectivity index (χ1v) is 8.85. The van der Waals surface area contributed by atoms with Crippen LogP contribution in [0.15, 0.2) is 22.8 Å². The van der Waals surface area contributed by atoms with Gasteiger partial charge in [-0.3, -0.25) is 9.80 Å². The number of carbonyl (C=O) groups excluding carboxylic acids is 1. The third-order valence-electron chi connectivity index (χ3n) is 5.80. The van der Waals surface area contributed by atoms with Gasteiger partial charge in [0, 0.05) is 29.3 Å². The third kappa shape index (κ3) is 2.03. The van der Waals surface area contributed by atoms with E-state index in [2.05, 4.69) is 35.5 Å². The van der Waals surface area contributed by atoms with Crippen molar-refractivity contribution in [3.8, 4) is 11.8 Å². The van der Waals surface area contributed by atoms with Crippen molar-refractivity contribution in [3.05, 3.63) is 22.8 Å². The van der Waals surface area contributed by atoms with Crippen molar-refractivity contribution >= 4 is 5.97 Å². The van der Waals surface area contributed by atoms with Crippen molar-refractivity contribution in [2.24, 2.45) is 0 Å². The Kier molecular flexibility index (Phi) is 3.59. The highest BCUT2D eigenvalue weighted by Crippen LogP contribution is 2.58. The Bertz CT molecular complexity index is 663. The zero-order chi connectivity index (χ0) is 16.0. The first-order valence-electron chi connectivity index (χ1n) is 8.85. The summed E-state index contributed by atoms with van der Waals surface area (Å²) in [6.45, 7) is 9.16. The summed E-state index contributed by atoms with van der Waals surface area (Å²) in [4.78, 5) is 16.7. The van der Waals surface area contributed by atoms with Gasteiger partial charge >= 0.3 is 5.97 Å². The summed E-state index contributed by atoms with van der Waals surface area (Å²) in [6.07, 6.45) is 5.27. The molecule has 3 heterocycles. The van der Waals surface area contributed by atoms with Gasteiger partial charge in [0.15, 0.2) is 5.60 Å². The molecule has 2 atom stereocenters. The molecule has 0 aromatic rings. The molecule has 0 bridgehead atoms. The maximum Gasteiger partial charge on any atom is 0.332 e. The summed E-state index contributed by atoms with van der Waals surface area (Å²) < 4.78 is 5.83. The number of fused-ring (bicyclic) bond motifs is 1. The predicted molar refractivity (Wildman–Crippen MR) is 88.7 cm³/mol. The number of hydrogen-bond donors (Lipinski definition) is 0. The number of carbonyl (C=O) groups is 1. The minimum atomic E-state index is -0.434. The van der Waals surface area contributed by atoms with Crippen LogP contribution < -0.4 is 0 Å². The zero-order valence-corrected chi connectivity index (χ0v) is 14.0. The molecule has 0 aromatic carbocycles. The van der Waals surface area contributed by atoms with E-state index in [1.165, 1.54) is 18.4 Å². The smallest absolute Gasteiger partial charge is 0.332 e. The molecule has 0 N–H and O–H groups in total. The van der Waals surface area contributed by atoms with E-state index in [0.29, 0.717) is 6.04 Å². The lowest BCUT2D eigenvalue weighted by Gasteiger charge is -2.43. The molecule has 2 fully saturated rings. The maximum absolute atomic E-state index is 11.9. The Labute approximate surface area is 138 Å². The van der Waals surface area contributed by atoms with Gasteiger partial charge < -0.3 is 4.74 Å². The quantitative estimate of drug-likeness (QED) is 0.587. The average molecular weight is 312 g/mol. The van der Waals surface area contributed by atoms with Gasteiger partial charge in [-0.25, -0.2) is 4.79 Å². The molecule has 0 saturated carbocycles. The first kappa shape index (κ1) is 15.0. The van der Waals surface area contributed by atoms with Crippen molar-refractivity contribution in [2.45, 2.75) is 44.8 Å². The average Bonchev–Trinajstić information content (AvgIpc) is 3.02. The molecule has 2 saturated heterocycles. The fourth-order valence-corrected chi connectivity index (χ4v) is 4.55. The van der Waals surface area contributed by atoms with Crippen LogP contribution in [0.2, 0.25) is 0 Å². The van der Waals surface area contributed by atoms with Crippen LogP contribution in [-0.4, -0.2) is 60.1 Å². The molecule has 3 aliphatic heterocycles. The highest BCUT2D eigenvalue weighted by atomic mass is 16.6. The van der Waals surface area contributed by atoms with Gasteiger partial charge in [-0.2, -0.15) is 0 Å². The van der Waals surface area contributed by atoms with Gasteiger partial charge in [0.2, 0.25) is 0 Å². The molecule has 4 nitrogen and oxygen atoms in total. The van der Waals surface area contributed by atoms with Crippen LogP contribution in [0.4, 0.5) is 0 Å². The lowest BCUT2D eigenvalue weighted by molar-refractivity contribution is -0.146. The second kappa shape index (κ2) is 5.51. The van der Waals surface area contributed by atoms with E-state index in [-0.39, 0.29) is 5.97 Å². The minimum Gasteiger partial charge on any atom is -0.445 e. The summed E-state index contributed by atoms with van der Waals surface area (Å²) in [5, 5.41) is 0. The molecule has 1 aliphatic carbocycles. The van der Waals surface area contributed by atoms with E-state index in [1.54, 1.807) is 6.08 Å². The van der Waals surface area contributed by atoms with Crippen molar-refractivity contribution in [2.75, 3.05) is 32.7 Å². The third-order valence-corrected chi connectivity index (χ3v) is 5.80. The Hall–Kier alpha value is -1.57. The summed E-state index contributed by atoms with van der Waals surface area (Å²) in [5.74, 6) is 6.46. The number of nitrogens with zero attached hydrogens (tertiary/aromatic N) is 2. The number of rotatable bonds is 3. The highest BCUT2D eigenvalue weighted by molar-refractivity contribution is 5.94. The van der Waals surface area contributed by atoms with Gasteiger partial charge in [0.25, 0.3) is 0 Å². The highest BCUT2D eigenvalue weighted by Gasteiger charge is 2.66. The molecular formula is C19H24N2O2. The first-order chi connectivity index (χ1) is 11.2. The van der Waals surface area contributed by atoms with Crippen LogP contribution in [0.3, 0.4) is 0 Å². The second-order valence-corrected chi connectivity index (χ2v) is 6.81. The maximum atomic E-state index is 11.9. The second-order valence-electron chi connectivity index (χ2n) is 6.81. The summed E-state index contributed by atoms with van der Waals surface area (Å²) in [5.41, 5.74) is 2.96. The number of piperidine rings is 1. The van der Waals surface area contributed by atoms with Gasteiger partial charge in [0.1, 0.15) is 0 Å². The molecule has 122 valence electrons. The van der Waals surface area contributed by atoms with Crippen LogP contribution in [0.1, 0.15) is 33.1 Å². The Morgan fingerprint density at radius 1 is 1.39 bits per heavy atom. The van der Waals surface area contributed by atoms with Crippen molar-refractivity contribution in [1.82, 2.24) is 9.80 Å². The predicted octanol–water partition coefficient (Wildman–Crippen LogP) is 1.73. The largest absolute Gasteiger partial charge is 0.445 e. The molecule has 4 rings (SSSR count). The molecule has 0 aromatic heterocycles. The van der Waals surface area contributed by atoms with E-state index in [4.69, 9.17) is 4.74 Å². The summed E-state index contributed by atoms with van der Waals surface area (Å²) in [7, 11) is 0. The van der Waals surface area contributed by atoms with E-state index in [0.717, 1.165) is 50.3 Å². The van der Waals surface area contributed by atoms with Gasteiger partial charge in [-0.15, -0.1) is 0 Å². The molecule has 1 spiro atoms. The molecule has 4 aliphatic rings. The molecule has 1 unspecified atom stereocenters. The van der Waals surface area contributed by atoms with E-state index < -0.39 is 5.60 Å².